The van der Waals surface area contributed by atoms with Gasteiger partial charge < -0.3 is 10.5 Å². The van der Waals surface area contributed by atoms with Crippen LogP contribution >= 0.6 is 0 Å². The van der Waals surface area contributed by atoms with Crippen LogP contribution in [0.5, 0.6) is 0 Å². The molecule has 1 aromatic rings. The van der Waals surface area contributed by atoms with Crippen molar-refractivity contribution in [2.45, 2.75) is 0 Å². The second-order valence-electron chi connectivity index (χ2n) is 2.49. The summed E-state index contributed by atoms with van der Waals surface area (Å²) in [7, 11) is 1.16. The van der Waals surface area contributed by atoms with Crippen molar-refractivity contribution in [2.24, 2.45) is 0 Å². The van der Waals surface area contributed by atoms with E-state index in [0.29, 0.717) is 0 Å². The third-order valence-corrected chi connectivity index (χ3v) is 1.65. The molecule has 0 amide bonds. The van der Waals surface area contributed by atoms with E-state index in [0.717, 1.165) is 13.2 Å². The van der Waals surface area contributed by atoms with Crippen molar-refractivity contribution < 1.29 is 13.9 Å². The van der Waals surface area contributed by atoms with Gasteiger partial charge in [0.05, 0.1) is 24.9 Å². The van der Waals surface area contributed by atoms with Gasteiger partial charge in [-0.2, -0.15) is 0 Å². The van der Waals surface area contributed by atoms with Gasteiger partial charge in [-0.05, 0) is 12.1 Å². The van der Waals surface area contributed by atoms with Gasteiger partial charge in [0.25, 0.3) is 0 Å². The number of carbonyl (C=O) groups is 1. The lowest BCUT2D eigenvalue weighted by Gasteiger charge is -2.04. The summed E-state index contributed by atoms with van der Waals surface area (Å²) in [5.41, 5.74) is 4.89. The highest BCUT2D eigenvalue weighted by Gasteiger charge is 2.14. The first kappa shape index (κ1) is 9.99. The van der Waals surface area contributed by atoms with E-state index in [-0.39, 0.29) is 16.9 Å². The molecular formula is C9H7FN2O2. The van der Waals surface area contributed by atoms with Crippen molar-refractivity contribution in [1.82, 2.24) is 0 Å². The van der Waals surface area contributed by atoms with Gasteiger partial charge in [-0.25, -0.2) is 14.0 Å². The number of hydrogen-bond donors (Lipinski definition) is 1. The second-order valence-corrected chi connectivity index (χ2v) is 2.49. The number of ether oxygens (including phenoxy) is 1. The van der Waals surface area contributed by atoms with Crippen LogP contribution in [0.25, 0.3) is 4.85 Å². The molecule has 0 heterocycles. The minimum absolute atomic E-state index is 0.0112. The topological polar surface area (TPSA) is 56.7 Å². The van der Waals surface area contributed by atoms with Crippen molar-refractivity contribution in [3.8, 4) is 0 Å². The highest BCUT2D eigenvalue weighted by atomic mass is 19.1. The van der Waals surface area contributed by atoms with Crippen LogP contribution in [0.4, 0.5) is 15.8 Å². The molecule has 5 heteroatoms. The van der Waals surface area contributed by atoms with Crippen molar-refractivity contribution in [3.05, 3.63) is 34.9 Å². The molecule has 2 N–H and O–H groups in total. The molecule has 0 spiro atoms. The van der Waals surface area contributed by atoms with Gasteiger partial charge in [-0.3, -0.25) is 0 Å². The lowest BCUT2D eigenvalue weighted by molar-refractivity contribution is 0.0601. The molecule has 0 saturated heterocycles. The van der Waals surface area contributed by atoms with E-state index < -0.39 is 11.8 Å². The zero-order valence-corrected chi connectivity index (χ0v) is 7.37. The SMILES string of the molecule is [C-]#[N+]c1cc(F)c(N)c(C(=O)OC)c1. The van der Waals surface area contributed by atoms with Gasteiger partial charge in [-0.1, -0.05) is 0 Å². The zero-order valence-electron chi connectivity index (χ0n) is 7.37. The Morgan fingerprint density at radius 2 is 2.29 bits per heavy atom. The largest absolute Gasteiger partial charge is 0.465 e. The number of nitrogens with zero attached hydrogens (tertiary/aromatic N) is 1. The lowest BCUT2D eigenvalue weighted by atomic mass is 10.1. The summed E-state index contributed by atoms with van der Waals surface area (Å²) in [6.07, 6.45) is 0. The number of carbonyl (C=O) groups excluding carboxylic acids is 1. The second kappa shape index (κ2) is 3.75. The molecule has 0 unspecified atom stereocenters. The van der Waals surface area contributed by atoms with Gasteiger partial charge in [0.2, 0.25) is 0 Å². The van der Waals surface area contributed by atoms with Crippen molar-refractivity contribution >= 4 is 17.3 Å². The monoisotopic (exact) mass is 194 g/mol. The molecule has 72 valence electrons. The maximum absolute atomic E-state index is 13.0. The molecule has 0 fully saturated rings. The number of halogens is 1. The van der Waals surface area contributed by atoms with Crippen LogP contribution in [0.1, 0.15) is 10.4 Å². The predicted molar refractivity (Wildman–Crippen MR) is 48.4 cm³/mol. The smallest absolute Gasteiger partial charge is 0.338 e. The van der Waals surface area contributed by atoms with E-state index in [1.165, 1.54) is 6.07 Å². The zero-order chi connectivity index (χ0) is 10.7. The molecule has 0 radical (unpaired) electrons. The molecule has 14 heavy (non-hydrogen) atoms. The number of anilines is 1. The highest BCUT2D eigenvalue weighted by molar-refractivity contribution is 5.96. The van der Waals surface area contributed by atoms with Crippen LogP contribution in [0.15, 0.2) is 12.1 Å². The highest BCUT2D eigenvalue weighted by Crippen LogP contribution is 2.24. The first-order valence-corrected chi connectivity index (χ1v) is 3.65. The molecule has 1 aromatic carbocycles. The summed E-state index contributed by atoms with van der Waals surface area (Å²) in [6.45, 7) is 6.67. The molecule has 0 aliphatic rings. The lowest BCUT2D eigenvalue weighted by Crippen LogP contribution is -2.06. The summed E-state index contributed by atoms with van der Waals surface area (Å²) in [4.78, 5) is 14.1. The first-order chi connectivity index (χ1) is 6.60. The Morgan fingerprint density at radius 3 is 2.79 bits per heavy atom. The van der Waals surface area contributed by atoms with Crippen LogP contribution in [0, 0.1) is 12.4 Å². The van der Waals surface area contributed by atoms with Gasteiger partial charge in [0.1, 0.15) is 5.82 Å². The predicted octanol–water partition coefficient (Wildman–Crippen LogP) is 1.75. The van der Waals surface area contributed by atoms with Crippen LogP contribution in [0.2, 0.25) is 0 Å². The number of benzene rings is 1. The summed E-state index contributed by atoms with van der Waals surface area (Å²) in [6, 6.07) is 2.16. The minimum Gasteiger partial charge on any atom is -0.465 e. The number of nitrogen functional groups attached to an aromatic ring is 1. The molecule has 0 aromatic heterocycles. The fourth-order valence-electron chi connectivity index (χ4n) is 0.947. The van der Waals surface area contributed by atoms with Crippen molar-refractivity contribution in [3.63, 3.8) is 0 Å². The van der Waals surface area contributed by atoms with Crippen molar-refractivity contribution in [2.75, 3.05) is 12.8 Å². The van der Waals surface area contributed by atoms with Gasteiger partial charge in [-0.15, -0.1) is 0 Å². The molecule has 4 nitrogen and oxygen atoms in total. The normalized spacial score (nSPS) is 9.21. The standard InChI is InChI=1S/C9H7FN2O2/c1-12-5-3-6(9(13)14-2)8(11)7(10)4-5/h3-4H,11H2,2H3. The van der Waals surface area contributed by atoms with E-state index in [1.807, 2.05) is 0 Å². The third-order valence-electron chi connectivity index (χ3n) is 1.65. The Kier molecular flexibility index (Phi) is 2.67. The third kappa shape index (κ3) is 1.64. The van der Waals surface area contributed by atoms with Gasteiger partial charge in [0.15, 0.2) is 5.69 Å². The Morgan fingerprint density at radius 1 is 1.64 bits per heavy atom. The van der Waals surface area contributed by atoms with E-state index in [2.05, 4.69) is 9.58 Å². The quantitative estimate of drug-likeness (QED) is 0.421. The average Bonchev–Trinajstić information content (AvgIpc) is 2.20. The molecule has 0 aliphatic heterocycles. The molecule has 0 atom stereocenters. The number of methoxy groups -OCH3 is 1. The minimum atomic E-state index is -0.793. The molecule has 1 rings (SSSR count). The fourth-order valence-corrected chi connectivity index (χ4v) is 0.947. The number of hydrogen-bond acceptors (Lipinski definition) is 3. The summed E-state index contributed by atoms with van der Waals surface area (Å²) >= 11 is 0. The van der Waals surface area contributed by atoms with E-state index >= 15 is 0 Å². The van der Waals surface area contributed by atoms with E-state index in [9.17, 15) is 9.18 Å². The van der Waals surface area contributed by atoms with Crippen LogP contribution in [-0.2, 0) is 4.74 Å². The Hall–Kier alpha value is -2.09. The summed E-state index contributed by atoms with van der Waals surface area (Å²) in [5, 5.41) is 0. The van der Waals surface area contributed by atoms with Crippen LogP contribution < -0.4 is 5.73 Å². The van der Waals surface area contributed by atoms with Crippen molar-refractivity contribution in [1.29, 1.82) is 0 Å². The number of esters is 1. The average molecular weight is 194 g/mol. The number of nitrogens with two attached hydrogens (primary N) is 1. The first-order valence-electron chi connectivity index (χ1n) is 3.65. The Bertz CT molecular complexity index is 424. The molecule has 0 aliphatic carbocycles. The van der Waals surface area contributed by atoms with Crippen LogP contribution in [0.3, 0.4) is 0 Å². The molecule has 0 bridgehead atoms. The summed E-state index contributed by atoms with van der Waals surface area (Å²) < 4.78 is 17.4. The number of rotatable bonds is 1. The Labute approximate surface area is 79.9 Å². The van der Waals surface area contributed by atoms with E-state index in [4.69, 9.17) is 12.3 Å². The molecular weight excluding hydrogens is 187 g/mol. The molecule has 0 saturated carbocycles. The Balaban J connectivity index is 3.36. The maximum atomic E-state index is 13.0. The van der Waals surface area contributed by atoms with Crippen LogP contribution in [-0.4, -0.2) is 13.1 Å². The van der Waals surface area contributed by atoms with Gasteiger partial charge in [0, 0.05) is 0 Å². The summed E-state index contributed by atoms with van der Waals surface area (Å²) in [5.74, 6) is -1.55. The van der Waals surface area contributed by atoms with E-state index in [1.54, 1.807) is 0 Å². The van der Waals surface area contributed by atoms with Gasteiger partial charge >= 0.3 is 5.97 Å². The maximum Gasteiger partial charge on any atom is 0.338 e. The fraction of sp³-hybridized carbons (Fsp3) is 0.111.